The summed E-state index contributed by atoms with van der Waals surface area (Å²) in [7, 11) is 0. The number of fused-ring (bicyclic) bond motifs is 6. The summed E-state index contributed by atoms with van der Waals surface area (Å²) in [6.07, 6.45) is 21.0. The lowest BCUT2D eigenvalue weighted by Gasteiger charge is -2.56. The number of allylic oxidation sites excluding steroid dienone is 3. The van der Waals surface area contributed by atoms with Gasteiger partial charge in [-0.3, -0.25) is 0 Å². The van der Waals surface area contributed by atoms with Gasteiger partial charge in [0.05, 0.1) is 4.88 Å². The van der Waals surface area contributed by atoms with E-state index < -0.39 is 0 Å². The Morgan fingerprint density at radius 1 is 1.10 bits per heavy atom. The SMILES string of the molecule is CC(C)CCC[C@@H](C)[C@H]1CC[C@H]2[C@@H]3C=CC4=Cc5sncc5C[C@]4(C)[C@H]3CC[C@]12C. The minimum absolute atomic E-state index is 0.317. The first-order valence-corrected chi connectivity index (χ1v) is 13.4. The molecule has 1 nitrogen and oxygen atoms in total. The topological polar surface area (TPSA) is 12.9 Å². The zero-order valence-electron chi connectivity index (χ0n) is 19.8. The average molecular weight is 424 g/mol. The van der Waals surface area contributed by atoms with Crippen molar-refractivity contribution < 1.29 is 0 Å². The third-order valence-corrected chi connectivity index (χ3v) is 10.8. The van der Waals surface area contributed by atoms with Gasteiger partial charge in [0.25, 0.3) is 0 Å². The van der Waals surface area contributed by atoms with Crippen LogP contribution in [0.25, 0.3) is 6.08 Å². The molecule has 0 bridgehead atoms. The van der Waals surface area contributed by atoms with Crippen LogP contribution in [-0.2, 0) is 6.42 Å². The monoisotopic (exact) mass is 423 g/mol. The second-order valence-electron chi connectivity index (χ2n) is 12.1. The molecule has 30 heavy (non-hydrogen) atoms. The van der Waals surface area contributed by atoms with Crippen LogP contribution < -0.4 is 0 Å². The molecule has 0 spiro atoms. The number of hydrogen-bond donors (Lipinski definition) is 0. The van der Waals surface area contributed by atoms with E-state index >= 15 is 0 Å². The predicted octanol–water partition coefficient (Wildman–Crippen LogP) is 8.18. The van der Waals surface area contributed by atoms with Crippen molar-refractivity contribution in [3.8, 4) is 0 Å². The van der Waals surface area contributed by atoms with E-state index in [4.69, 9.17) is 0 Å². The van der Waals surface area contributed by atoms with E-state index in [1.54, 1.807) is 17.1 Å². The molecule has 0 radical (unpaired) electrons. The summed E-state index contributed by atoms with van der Waals surface area (Å²) in [6.45, 7) is 12.6. The van der Waals surface area contributed by atoms with Crippen molar-refractivity contribution in [2.24, 2.45) is 46.3 Å². The second-order valence-corrected chi connectivity index (χ2v) is 12.9. The van der Waals surface area contributed by atoms with Gasteiger partial charge < -0.3 is 0 Å². The maximum atomic E-state index is 4.50. The minimum atomic E-state index is 0.317. The molecule has 5 rings (SSSR count). The Morgan fingerprint density at radius 3 is 2.73 bits per heavy atom. The highest BCUT2D eigenvalue weighted by molar-refractivity contribution is 7.06. The Hall–Kier alpha value is -0.890. The van der Waals surface area contributed by atoms with E-state index in [9.17, 15) is 0 Å². The molecule has 164 valence electrons. The molecule has 0 unspecified atom stereocenters. The zero-order valence-corrected chi connectivity index (χ0v) is 20.6. The quantitative estimate of drug-likeness (QED) is 0.465. The molecule has 0 saturated heterocycles. The third kappa shape index (κ3) is 3.19. The van der Waals surface area contributed by atoms with Crippen molar-refractivity contribution in [1.29, 1.82) is 0 Å². The van der Waals surface area contributed by atoms with Crippen molar-refractivity contribution in [2.45, 2.75) is 86.0 Å². The van der Waals surface area contributed by atoms with Gasteiger partial charge in [0.1, 0.15) is 0 Å². The van der Waals surface area contributed by atoms with E-state index in [2.05, 4.69) is 63.4 Å². The highest BCUT2D eigenvalue weighted by atomic mass is 32.1. The van der Waals surface area contributed by atoms with Crippen molar-refractivity contribution >= 4 is 17.6 Å². The zero-order chi connectivity index (χ0) is 21.1. The summed E-state index contributed by atoms with van der Waals surface area (Å²) >= 11 is 1.68. The molecule has 0 amide bonds. The lowest BCUT2D eigenvalue weighted by atomic mass is 9.48. The lowest BCUT2D eigenvalue weighted by molar-refractivity contribution is -0.0226. The van der Waals surface area contributed by atoms with E-state index in [1.165, 1.54) is 61.8 Å². The minimum Gasteiger partial charge on any atom is -0.200 e. The molecule has 4 aliphatic carbocycles. The van der Waals surface area contributed by atoms with Crippen LogP contribution in [0, 0.1) is 46.3 Å². The summed E-state index contributed by atoms with van der Waals surface area (Å²) in [6, 6.07) is 0. The van der Waals surface area contributed by atoms with Gasteiger partial charge in [-0.05, 0) is 102 Å². The molecule has 2 saturated carbocycles. The maximum absolute atomic E-state index is 4.50. The lowest BCUT2D eigenvalue weighted by Crippen LogP contribution is -2.49. The third-order valence-electron chi connectivity index (χ3n) is 10.0. The molecule has 2 heteroatoms. The summed E-state index contributed by atoms with van der Waals surface area (Å²) in [5, 5.41) is 0. The van der Waals surface area contributed by atoms with Crippen molar-refractivity contribution in [3.05, 3.63) is 34.4 Å². The van der Waals surface area contributed by atoms with Crippen molar-refractivity contribution in [3.63, 3.8) is 0 Å². The molecule has 0 N–H and O–H groups in total. The number of nitrogens with zero attached hydrogens (tertiary/aromatic N) is 1. The van der Waals surface area contributed by atoms with Gasteiger partial charge in [-0.25, -0.2) is 4.37 Å². The second kappa shape index (κ2) is 7.61. The van der Waals surface area contributed by atoms with E-state index in [1.807, 2.05) is 0 Å². The van der Waals surface area contributed by atoms with Gasteiger partial charge in [0.15, 0.2) is 0 Å². The molecule has 0 aliphatic heterocycles. The van der Waals surface area contributed by atoms with E-state index in [-0.39, 0.29) is 0 Å². The summed E-state index contributed by atoms with van der Waals surface area (Å²) in [5.41, 5.74) is 3.96. The average Bonchev–Trinajstić information content (AvgIpc) is 3.28. The van der Waals surface area contributed by atoms with Crippen LogP contribution >= 0.6 is 11.5 Å². The highest BCUT2D eigenvalue weighted by Crippen LogP contribution is 2.66. The number of rotatable bonds is 5. The van der Waals surface area contributed by atoms with Gasteiger partial charge in [0.2, 0.25) is 0 Å². The van der Waals surface area contributed by atoms with Crippen molar-refractivity contribution in [2.75, 3.05) is 0 Å². The van der Waals surface area contributed by atoms with Gasteiger partial charge in [-0.1, -0.05) is 66.0 Å². The van der Waals surface area contributed by atoms with Crippen LogP contribution in [0.15, 0.2) is 23.9 Å². The molecule has 1 heterocycles. The summed E-state index contributed by atoms with van der Waals surface area (Å²) < 4.78 is 4.50. The number of aromatic nitrogens is 1. The first-order valence-electron chi connectivity index (χ1n) is 12.7. The van der Waals surface area contributed by atoms with Gasteiger partial charge in [-0.15, -0.1) is 0 Å². The summed E-state index contributed by atoms with van der Waals surface area (Å²) in [5.74, 6) is 5.17. The molecule has 0 aromatic carbocycles. The van der Waals surface area contributed by atoms with Crippen LogP contribution in [0.4, 0.5) is 0 Å². The van der Waals surface area contributed by atoms with Gasteiger partial charge >= 0.3 is 0 Å². The molecular weight excluding hydrogens is 382 g/mol. The van der Waals surface area contributed by atoms with E-state index in [0.717, 1.165) is 35.5 Å². The predicted molar refractivity (Wildman–Crippen MR) is 129 cm³/mol. The Bertz CT molecular complexity index is 847. The molecule has 7 atom stereocenters. The largest absolute Gasteiger partial charge is 0.200 e. The fourth-order valence-electron chi connectivity index (χ4n) is 8.35. The number of hydrogen-bond acceptors (Lipinski definition) is 2. The smallest absolute Gasteiger partial charge is 0.0512 e. The standard InChI is InChI=1S/C28H41NS/c1-18(2)7-6-8-19(3)23-11-12-24-22-10-9-21-15-26-20(17-29-30-26)16-28(21,5)25(22)13-14-27(23,24)4/h9-10,15,17-19,22-25H,6-8,11-14,16H2,1-5H3/t19-,22+,23-,24+,25+,27-,28+/m1/s1. The van der Waals surface area contributed by atoms with Crippen LogP contribution in [0.1, 0.15) is 90.0 Å². The Balaban J connectivity index is 1.37. The molecule has 4 aliphatic rings. The first-order chi connectivity index (χ1) is 14.3. The normalized spacial score (nSPS) is 40.4. The molecular formula is C28H41NS. The van der Waals surface area contributed by atoms with E-state index in [0.29, 0.717) is 10.8 Å². The Labute approximate surface area is 188 Å². The van der Waals surface area contributed by atoms with Crippen molar-refractivity contribution in [1.82, 2.24) is 4.37 Å². The highest BCUT2D eigenvalue weighted by Gasteiger charge is 2.58. The van der Waals surface area contributed by atoms with Crippen LogP contribution in [-0.4, -0.2) is 4.37 Å². The van der Waals surface area contributed by atoms with Crippen LogP contribution in [0.5, 0.6) is 0 Å². The maximum Gasteiger partial charge on any atom is 0.0512 e. The van der Waals surface area contributed by atoms with Gasteiger partial charge in [-0.2, -0.15) is 0 Å². The Morgan fingerprint density at radius 2 is 1.93 bits per heavy atom. The van der Waals surface area contributed by atoms with Gasteiger partial charge in [0, 0.05) is 11.6 Å². The van der Waals surface area contributed by atoms with Crippen LogP contribution in [0.2, 0.25) is 0 Å². The molecule has 2 fully saturated rings. The summed E-state index contributed by atoms with van der Waals surface area (Å²) in [4.78, 5) is 1.40. The molecule has 1 aromatic heterocycles. The fraction of sp³-hybridized carbons (Fsp3) is 0.750. The Kier molecular flexibility index (Phi) is 5.32. The van der Waals surface area contributed by atoms with Crippen LogP contribution in [0.3, 0.4) is 0 Å². The molecule has 1 aromatic rings. The fourth-order valence-corrected chi connectivity index (χ4v) is 9.07. The first kappa shape index (κ1) is 21.0.